The molecule has 0 saturated carbocycles. The van der Waals surface area contributed by atoms with Crippen LogP contribution in [0.1, 0.15) is 6.42 Å². The Balaban J connectivity index is 1.56. The molecule has 0 bridgehead atoms. The summed E-state index contributed by atoms with van der Waals surface area (Å²) in [5, 5.41) is 3.01. The quantitative estimate of drug-likeness (QED) is 0.877. The van der Waals surface area contributed by atoms with Gasteiger partial charge in [0.25, 0.3) is 0 Å². The molecule has 7 heteroatoms. The van der Waals surface area contributed by atoms with Crippen LogP contribution in [0.2, 0.25) is 0 Å². The molecule has 134 valence electrons. The average molecular weight is 369 g/mol. The van der Waals surface area contributed by atoms with Crippen LogP contribution in [0, 0.1) is 0 Å². The molecule has 1 aliphatic heterocycles. The fourth-order valence-electron chi connectivity index (χ4n) is 2.51. The number of carbonyl (C=O) groups is 2. The molecule has 2 aromatic carbocycles. The highest BCUT2D eigenvalue weighted by molar-refractivity contribution is 8.15. The smallest absolute Gasteiger partial charge is 0.242 e. The summed E-state index contributed by atoms with van der Waals surface area (Å²) in [5.74, 6) is 1.12. The predicted molar refractivity (Wildman–Crippen MR) is 104 cm³/mol. The summed E-state index contributed by atoms with van der Waals surface area (Å²) >= 11 is 1.31. The lowest BCUT2D eigenvalue weighted by molar-refractivity contribution is -0.127. The summed E-state index contributed by atoms with van der Waals surface area (Å²) < 4.78 is 5.72. The Hall–Kier alpha value is -2.80. The van der Waals surface area contributed by atoms with Gasteiger partial charge in [0, 0.05) is 26.2 Å². The molecule has 1 aliphatic rings. The Kier molecular flexibility index (Phi) is 5.58. The van der Waals surface area contributed by atoms with Crippen molar-refractivity contribution in [1.29, 1.82) is 0 Å². The van der Waals surface area contributed by atoms with E-state index in [1.165, 1.54) is 16.7 Å². The number of para-hydroxylation sites is 1. The number of nitrogens with zero attached hydrogens (tertiary/aromatic N) is 2. The zero-order chi connectivity index (χ0) is 18.5. The molecule has 0 spiro atoms. The number of thioether (sulfide) groups is 1. The molecule has 0 aliphatic carbocycles. The molecule has 6 nitrogen and oxygen atoms in total. The highest BCUT2D eigenvalue weighted by Crippen LogP contribution is 2.28. The van der Waals surface area contributed by atoms with E-state index in [0.29, 0.717) is 16.6 Å². The van der Waals surface area contributed by atoms with E-state index in [0.717, 1.165) is 5.75 Å². The monoisotopic (exact) mass is 369 g/mol. The number of aliphatic imine (C=N–C) groups is 1. The number of amidine groups is 1. The van der Waals surface area contributed by atoms with Gasteiger partial charge in [0.1, 0.15) is 16.7 Å². The minimum Gasteiger partial charge on any atom is -0.457 e. The van der Waals surface area contributed by atoms with Gasteiger partial charge in [0.15, 0.2) is 5.17 Å². The van der Waals surface area contributed by atoms with E-state index in [9.17, 15) is 9.59 Å². The van der Waals surface area contributed by atoms with Gasteiger partial charge in [-0.1, -0.05) is 30.0 Å². The molecule has 1 unspecified atom stereocenters. The summed E-state index contributed by atoms with van der Waals surface area (Å²) in [6, 6.07) is 16.6. The summed E-state index contributed by atoms with van der Waals surface area (Å²) in [5.41, 5.74) is 0.656. The Morgan fingerprint density at radius 3 is 2.42 bits per heavy atom. The summed E-state index contributed by atoms with van der Waals surface area (Å²) in [6.45, 7) is 0. The summed E-state index contributed by atoms with van der Waals surface area (Å²) in [7, 11) is 3.30. The average Bonchev–Trinajstić information content (AvgIpc) is 2.92. The fourth-order valence-corrected chi connectivity index (χ4v) is 3.61. The lowest BCUT2D eigenvalue weighted by Crippen LogP contribution is -2.30. The number of anilines is 1. The number of carbonyl (C=O) groups excluding carboxylic acids is 2. The number of nitrogens with one attached hydrogen (secondary N) is 1. The molecule has 2 amide bonds. The number of ether oxygens (including phenoxy) is 1. The van der Waals surface area contributed by atoms with E-state index in [2.05, 4.69) is 10.3 Å². The molecule has 0 aromatic heterocycles. The first-order valence-electron chi connectivity index (χ1n) is 8.10. The fraction of sp³-hybridized carbons (Fsp3) is 0.211. The van der Waals surface area contributed by atoms with Crippen LogP contribution in [-0.2, 0) is 9.59 Å². The van der Waals surface area contributed by atoms with E-state index in [1.807, 2.05) is 30.3 Å². The van der Waals surface area contributed by atoms with Crippen LogP contribution in [-0.4, -0.2) is 41.2 Å². The Bertz CT molecular complexity index is 822. The molecule has 1 fully saturated rings. The van der Waals surface area contributed by atoms with Gasteiger partial charge in [-0.2, -0.15) is 0 Å². The van der Waals surface area contributed by atoms with Crippen LogP contribution in [0.4, 0.5) is 5.69 Å². The van der Waals surface area contributed by atoms with Crippen molar-refractivity contribution in [2.45, 2.75) is 11.7 Å². The third-order valence-electron chi connectivity index (χ3n) is 3.82. The molecule has 2 aromatic rings. The second-order valence-electron chi connectivity index (χ2n) is 5.70. The minimum atomic E-state index is -0.431. The SMILES string of the molecule is CN=C1SC(CC(=O)Nc2ccc(Oc3ccccc3)cc2)C(=O)N1C. The molecule has 0 radical (unpaired) electrons. The third-order valence-corrected chi connectivity index (χ3v) is 5.14. The summed E-state index contributed by atoms with van der Waals surface area (Å²) in [4.78, 5) is 29.9. The lowest BCUT2D eigenvalue weighted by Gasteiger charge is -2.10. The van der Waals surface area contributed by atoms with Crippen molar-refractivity contribution in [1.82, 2.24) is 4.90 Å². The number of hydrogen-bond acceptors (Lipinski definition) is 5. The van der Waals surface area contributed by atoms with Crippen molar-refractivity contribution in [3.05, 3.63) is 54.6 Å². The van der Waals surface area contributed by atoms with Gasteiger partial charge in [-0.3, -0.25) is 19.5 Å². The second kappa shape index (κ2) is 8.05. The first kappa shape index (κ1) is 18.0. The van der Waals surface area contributed by atoms with E-state index < -0.39 is 5.25 Å². The topological polar surface area (TPSA) is 71.0 Å². The Morgan fingerprint density at radius 2 is 1.81 bits per heavy atom. The minimum absolute atomic E-state index is 0.0997. The molecular weight excluding hydrogens is 350 g/mol. The van der Waals surface area contributed by atoms with Crippen molar-refractivity contribution >= 4 is 34.4 Å². The zero-order valence-corrected chi connectivity index (χ0v) is 15.3. The maximum atomic E-state index is 12.2. The van der Waals surface area contributed by atoms with Gasteiger partial charge < -0.3 is 10.1 Å². The predicted octanol–water partition coefficient (Wildman–Crippen LogP) is 3.37. The first-order chi connectivity index (χ1) is 12.6. The molecule has 3 rings (SSSR count). The van der Waals surface area contributed by atoms with Crippen LogP contribution in [0.3, 0.4) is 0 Å². The number of hydrogen-bond donors (Lipinski definition) is 1. The van der Waals surface area contributed by atoms with Gasteiger partial charge in [0.05, 0.1) is 0 Å². The van der Waals surface area contributed by atoms with E-state index >= 15 is 0 Å². The van der Waals surface area contributed by atoms with Crippen molar-refractivity contribution in [3.63, 3.8) is 0 Å². The Labute approximate surface area is 156 Å². The maximum Gasteiger partial charge on any atom is 0.242 e. The molecule has 1 saturated heterocycles. The number of benzene rings is 2. The molecular formula is C19H19N3O3S. The highest BCUT2D eigenvalue weighted by atomic mass is 32.2. The van der Waals surface area contributed by atoms with Gasteiger partial charge in [-0.15, -0.1) is 0 Å². The van der Waals surface area contributed by atoms with Gasteiger partial charge in [-0.25, -0.2) is 0 Å². The van der Waals surface area contributed by atoms with E-state index in [4.69, 9.17) is 4.74 Å². The van der Waals surface area contributed by atoms with Crippen molar-refractivity contribution in [2.24, 2.45) is 4.99 Å². The van der Waals surface area contributed by atoms with E-state index in [1.54, 1.807) is 38.4 Å². The van der Waals surface area contributed by atoms with Gasteiger partial charge >= 0.3 is 0 Å². The lowest BCUT2D eigenvalue weighted by atomic mass is 10.2. The van der Waals surface area contributed by atoms with Crippen molar-refractivity contribution < 1.29 is 14.3 Å². The zero-order valence-electron chi connectivity index (χ0n) is 14.5. The molecule has 1 atom stereocenters. The maximum absolute atomic E-state index is 12.2. The van der Waals surface area contributed by atoms with Crippen LogP contribution in [0.25, 0.3) is 0 Å². The van der Waals surface area contributed by atoms with Gasteiger partial charge in [0.2, 0.25) is 11.8 Å². The normalized spacial score (nSPS) is 18.2. The Morgan fingerprint density at radius 1 is 1.15 bits per heavy atom. The standard InChI is InChI=1S/C19H19N3O3S/c1-20-19-22(2)18(24)16(26-19)12-17(23)21-13-8-10-15(11-9-13)25-14-6-4-3-5-7-14/h3-11,16H,12H2,1-2H3,(H,21,23). The highest BCUT2D eigenvalue weighted by Gasteiger charge is 2.36. The number of amides is 2. The third kappa shape index (κ3) is 4.23. The van der Waals surface area contributed by atoms with E-state index in [-0.39, 0.29) is 18.2 Å². The van der Waals surface area contributed by atoms with Crippen LogP contribution >= 0.6 is 11.8 Å². The number of rotatable bonds is 5. The van der Waals surface area contributed by atoms with Crippen LogP contribution in [0.5, 0.6) is 11.5 Å². The van der Waals surface area contributed by atoms with Crippen molar-refractivity contribution in [2.75, 3.05) is 19.4 Å². The van der Waals surface area contributed by atoms with Gasteiger partial charge in [-0.05, 0) is 36.4 Å². The second-order valence-corrected chi connectivity index (χ2v) is 6.87. The largest absolute Gasteiger partial charge is 0.457 e. The summed E-state index contributed by atoms with van der Waals surface area (Å²) in [6.07, 6.45) is 0.106. The first-order valence-corrected chi connectivity index (χ1v) is 8.98. The van der Waals surface area contributed by atoms with Crippen LogP contribution < -0.4 is 10.1 Å². The van der Waals surface area contributed by atoms with Crippen LogP contribution in [0.15, 0.2) is 59.6 Å². The molecule has 1 heterocycles. The van der Waals surface area contributed by atoms with Crippen molar-refractivity contribution in [3.8, 4) is 11.5 Å². The molecule has 26 heavy (non-hydrogen) atoms. The molecule has 1 N–H and O–H groups in total.